The van der Waals surface area contributed by atoms with Crippen molar-refractivity contribution in [3.05, 3.63) is 23.5 Å². The smallest absolute Gasteiger partial charge is 0.0839 e. The van der Waals surface area contributed by atoms with Crippen LogP contribution in [0.3, 0.4) is 0 Å². The highest BCUT2D eigenvalue weighted by Crippen LogP contribution is 2.47. The summed E-state index contributed by atoms with van der Waals surface area (Å²) in [5, 5.41) is 9.22. The van der Waals surface area contributed by atoms with Gasteiger partial charge in [0.2, 0.25) is 0 Å². The molecule has 0 amide bonds. The van der Waals surface area contributed by atoms with Gasteiger partial charge in [0.05, 0.1) is 32.9 Å². The van der Waals surface area contributed by atoms with Gasteiger partial charge in [-0.3, -0.25) is 9.19 Å². The van der Waals surface area contributed by atoms with Crippen LogP contribution in [0.25, 0.3) is 0 Å². The van der Waals surface area contributed by atoms with E-state index in [2.05, 4.69) is 24.9 Å². The molecule has 0 radical (unpaired) electrons. The van der Waals surface area contributed by atoms with E-state index in [1.807, 2.05) is 13.0 Å². The number of nitrogens with zero attached hydrogens (tertiary/aromatic N) is 2. The Kier molecular flexibility index (Phi) is 3.54. The predicted molar refractivity (Wildman–Crippen MR) is 71.8 cm³/mol. The molecule has 1 aromatic rings. The number of rotatable bonds is 4. The minimum Gasteiger partial charge on any atom is -0.259 e. The summed E-state index contributed by atoms with van der Waals surface area (Å²) < 4.78 is 12.1. The highest BCUT2D eigenvalue weighted by molar-refractivity contribution is 7.85. The molecule has 1 saturated carbocycles. The number of hydrogen-bond donors (Lipinski definition) is 0. The summed E-state index contributed by atoms with van der Waals surface area (Å²) >= 11 is 0. The first kappa shape index (κ1) is 13.2. The average Bonchev–Trinajstić information content (AvgIpc) is 3.18. The van der Waals surface area contributed by atoms with Crippen molar-refractivity contribution in [3.63, 3.8) is 0 Å². The summed E-state index contributed by atoms with van der Waals surface area (Å²) in [6.07, 6.45) is 3.58. The monoisotopic (exact) mass is 262 g/mol. The Balaban J connectivity index is 2.50. The molecule has 0 aliphatic heterocycles. The molecule has 4 heteroatoms. The van der Waals surface area contributed by atoms with Crippen LogP contribution in [0, 0.1) is 11.3 Å². The van der Waals surface area contributed by atoms with Crippen LogP contribution in [0.2, 0.25) is 0 Å². The largest absolute Gasteiger partial charge is 0.259 e. The first-order chi connectivity index (χ1) is 8.54. The third-order valence-electron chi connectivity index (χ3n) is 3.45. The number of pyridine rings is 1. The maximum atomic E-state index is 12.1. The fourth-order valence-electron chi connectivity index (χ4n) is 2.08. The molecule has 1 aliphatic carbocycles. The third kappa shape index (κ3) is 2.20. The quantitative estimate of drug-likeness (QED) is 0.838. The van der Waals surface area contributed by atoms with Crippen molar-refractivity contribution < 1.29 is 4.21 Å². The zero-order chi connectivity index (χ0) is 13.3. The summed E-state index contributed by atoms with van der Waals surface area (Å²) in [5.41, 5.74) is 1.48. The molecule has 1 aromatic heterocycles. The van der Waals surface area contributed by atoms with Gasteiger partial charge in [-0.25, -0.2) is 0 Å². The lowest BCUT2D eigenvalue weighted by Crippen LogP contribution is -2.10. The lowest BCUT2D eigenvalue weighted by atomic mass is 9.98. The molecule has 1 aliphatic rings. The Hall–Kier alpha value is -1.21. The molecule has 96 valence electrons. The molecule has 1 fully saturated rings. The van der Waals surface area contributed by atoms with Crippen LogP contribution in [0.15, 0.2) is 17.2 Å². The van der Waals surface area contributed by atoms with Crippen LogP contribution in [0.1, 0.15) is 50.8 Å². The first-order valence-electron chi connectivity index (χ1n) is 6.34. The molecule has 3 nitrogen and oxygen atoms in total. The maximum Gasteiger partial charge on any atom is 0.0839 e. The van der Waals surface area contributed by atoms with Gasteiger partial charge in [-0.05, 0) is 30.4 Å². The van der Waals surface area contributed by atoms with Crippen LogP contribution in [0.5, 0.6) is 0 Å². The zero-order valence-electron chi connectivity index (χ0n) is 11.1. The first-order valence-corrected chi connectivity index (χ1v) is 7.66. The Morgan fingerprint density at radius 3 is 2.67 bits per heavy atom. The van der Waals surface area contributed by atoms with E-state index in [4.69, 9.17) is 0 Å². The fourth-order valence-corrected chi connectivity index (χ4v) is 3.17. The molecule has 18 heavy (non-hydrogen) atoms. The standard InChI is InChI=1S/C14H18N2OS/c1-4-18(17)12-7-11(14(9-15)5-6-14)8-16-13(12)10(2)3/h7-8,10H,4-6H2,1-3H3. The van der Waals surface area contributed by atoms with Crippen molar-refractivity contribution in [2.75, 3.05) is 5.75 Å². The van der Waals surface area contributed by atoms with Crippen LogP contribution >= 0.6 is 0 Å². The summed E-state index contributed by atoms with van der Waals surface area (Å²) in [6, 6.07) is 4.31. The topological polar surface area (TPSA) is 53.8 Å². The van der Waals surface area contributed by atoms with Gasteiger partial charge >= 0.3 is 0 Å². The van der Waals surface area contributed by atoms with Gasteiger partial charge in [0.1, 0.15) is 0 Å². The Bertz CT molecular complexity index is 527. The molecular formula is C14H18N2OS. The number of aromatic nitrogens is 1. The third-order valence-corrected chi connectivity index (χ3v) is 4.79. The van der Waals surface area contributed by atoms with Gasteiger partial charge in [0.25, 0.3) is 0 Å². The van der Waals surface area contributed by atoms with Crippen molar-refractivity contribution >= 4 is 10.8 Å². The molecule has 2 rings (SSSR count). The van der Waals surface area contributed by atoms with Crippen molar-refractivity contribution in [2.45, 2.75) is 49.8 Å². The second kappa shape index (κ2) is 4.81. The normalized spacial score (nSPS) is 18.4. The number of hydrogen-bond acceptors (Lipinski definition) is 3. The summed E-state index contributed by atoms with van der Waals surface area (Å²) in [7, 11) is -1.01. The van der Waals surface area contributed by atoms with Crippen LogP contribution in [-0.2, 0) is 16.2 Å². The Morgan fingerprint density at radius 2 is 2.22 bits per heavy atom. The summed E-state index contributed by atoms with van der Waals surface area (Å²) in [4.78, 5) is 5.27. The molecule has 1 unspecified atom stereocenters. The molecule has 1 heterocycles. The van der Waals surface area contributed by atoms with E-state index >= 15 is 0 Å². The summed E-state index contributed by atoms with van der Waals surface area (Å²) in [5.74, 6) is 0.839. The second-order valence-electron chi connectivity index (χ2n) is 5.09. The molecular weight excluding hydrogens is 244 g/mol. The van der Waals surface area contributed by atoms with Crippen molar-refractivity contribution in [3.8, 4) is 6.07 Å². The van der Waals surface area contributed by atoms with Gasteiger partial charge in [-0.2, -0.15) is 5.26 Å². The molecule has 0 bridgehead atoms. The summed E-state index contributed by atoms with van der Waals surface area (Å²) in [6.45, 7) is 6.01. The zero-order valence-corrected chi connectivity index (χ0v) is 11.9. The predicted octanol–water partition coefficient (Wildman–Crippen LogP) is 2.89. The van der Waals surface area contributed by atoms with E-state index in [0.717, 1.165) is 29.0 Å². The minimum absolute atomic E-state index is 0.252. The van der Waals surface area contributed by atoms with E-state index in [1.54, 1.807) is 6.20 Å². The van der Waals surface area contributed by atoms with Crippen molar-refractivity contribution in [2.24, 2.45) is 0 Å². The SMILES string of the molecule is CCS(=O)c1cc(C2(C#N)CC2)cnc1C(C)C. The van der Waals surface area contributed by atoms with Gasteiger partial charge in [0.15, 0.2) is 0 Å². The van der Waals surface area contributed by atoms with Gasteiger partial charge < -0.3 is 0 Å². The molecule has 0 N–H and O–H groups in total. The van der Waals surface area contributed by atoms with Crippen LogP contribution < -0.4 is 0 Å². The maximum absolute atomic E-state index is 12.1. The second-order valence-corrected chi connectivity index (χ2v) is 6.80. The Labute approximate surface area is 111 Å². The van der Waals surface area contributed by atoms with Gasteiger partial charge in [-0.15, -0.1) is 0 Å². The van der Waals surface area contributed by atoms with Crippen LogP contribution in [0.4, 0.5) is 0 Å². The van der Waals surface area contributed by atoms with Crippen LogP contribution in [-0.4, -0.2) is 14.9 Å². The molecule has 0 saturated heterocycles. The van der Waals surface area contributed by atoms with E-state index in [0.29, 0.717) is 5.75 Å². The highest BCUT2D eigenvalue weighted by atomic mass is 32.2. The lowest BCUT2D eigenvalue weighted by Gasteiger charge is -2.14. The van der Waals surface area contributed by atoms with E-state index in [1.165, 1.54) is 0 Å². The molecule has 1 atom stereocenters. The van der Waals surface area contributed by atoms with Gasteiger partial charge in [-0.1, -0.05) is 20.8 Å². The van der Waals surface area contributed by atoms with Crippen molar-refractivity contribution in [1.82, 2.24) is 4.98 Å². The average molecular weight is 262 g/mol. The van der Waals surface area contributed by atoms with E-state index < -0.39 is 10.8 Å². The molecule has 0 spiro atoms. The minimum atomic E-state index is -1.01. The number of nitriles is 1. The van der Waals surface area contributed by atoms with E-state index in [-0.39, 0.29) is 11.3 Å². The van der Waals surface area contributed by atoms with E-state index in [9.17, 15) is 9.47 Å². The lowest BCUT2D eigenvalue weighted by molar-refractivity contribution is 0.678. The fraction of sp³-hybridized carbons (Fsp3) is 0.571. The van der Waals surface area contributed by atoms with Gasteiger partial charge in [0, 0.05) is 11.9 Å². The highest BCUT2D eigenvalue weighted by Gasteiger charge is 2.45. The Morgan fingerprint density at radius 1 is 1.56 bits per heavy atom. The van der Waals surface area contributed by atoms with Crippen molar-refractivity contribution in [1.29, 1.82) is 5.26 Å². The molecule has 0 aromatic carbocycles.